The molecule has 3 aromatic rings. The van der Waals surface area contributed by atoms with Crippen molar-refractivity contribution >= 4 is 5.91 Å². The lowest BCUT2D eigenvalue weighted by Crippen LogP contribution is -2.27. The number of carbonyl (C=O) groups excluding carboxylic acids is 1. The Morgan fingerprint density at radius 1 is 1.26 bits per heavy atom. The van der Waals surface area contributed by atoms with Crippen molar-refractivity contribution in [3.63, 3.8) is 0 Å². The lowest BCUT2D eigenvalue weighted by atomic mass is 10.1. The van der Waals surface area contributed by atoms with Crippen LogP contribution < -0.4 is 14.8 Å². The Hall–Kier alpha value is -3.29. The molecule has 8 nitrogen and oxygen atoms in total. The fraction of sp³-hybridized carbons (Fsp3) is 0.316. The Balaban J connectivity index is 1.56. The highest BCUT2D eigenvalue weighted by molar-refractivity contribution is 5.76. The number of furan rings is 1. The van der Waals surface area contributed by atoms with E-state index in [1.807, 2.05) is 19.1 Å². The number of amides is 1. The maximum atomic E-state index is 12.3. The predicted molar refractivity (Wildman–Crippen MR) is 96.4 cm³/mol. The summed E-state index contributed by atoms with van der Waals surface area (Å²) in [6.07, 6.45) is 2.10. The first-order valence-corrected chi connectivity index (χ1v) is 8.48. The summed E-state index contributed by atoms with van der Waals surface area (Å²) in [7, 11) is 3.17. The molecule has 1 unspecified atom stereocenters. The Bertz CT molecular complexity index is 889. The molecule has 2 heterocycles. The van der Waals surface area contributed by atoms with Gasteiger partial charge >= 0.3 is 0 Å². The molecule has 0 bridgehead atoms. The van der Waals surface area contributed by atoms with Crippen LogP contribution in [0.4, 0.5) is 0 Å². The van der Waals surface area contributed by atoms with Gasteiger partial charge in [-0.15, -0.1) is 0 Å². The molecular formula is C19H21N3O5. The second-order valence-corrected chi connectivity index (χ2v) is 5.89. The lowest BCUT2D eigenvalue weighted by molar-refractivity contribution is -0.121. The van der Waals surface area contributed by atoms with E-state index in [1.54, 1.807) is 32.4 Å². The minimum absolute atomic E-state index is 0.127. The third-order valence-electron chi connectivity index (χ3n) is 4.06. The van der Waals surface area contributed by atoms with Crippen molar-refractivity contribution in [3.8, 4) is 23.1 Å². The van der Waals surface area contributed by atoms with Crippen molar-refractivity contribution in [3.05, 3.63) is 48.0 Å². The summed E-state index contributed by atoms with van der Waals surface area (Å²) < 4.78 is 20.9. The van der Waals surface area contributed by atoms with Gasteiger partial charge in [-0.05, 0) is 31.2 Å². The number of nitrogens with one attached hydrogen (secondary N) is 1. The van der Waals surface area contributed by atoms with Crippen LogP contribution >= 0.6 is 0 Å². The van der Waals surface area contributed by atoms with Crippen LogP contribution in [0.15, 0.2) is 45.5 Å². The van der Waals surface area contributed by atoms with E-state index in [0.717, 1.165) is 5.56 Å². The molecule has 0 aliphatic heterocycles. The van der Waals surface area contributed by atoms with E-state index in [-0.39, 0.29) is 18.4 Å². The monoisotopic (exact) mass is 371 g/mol. The molecule has 0 aliphatic rings. The molecule has 8 heteroatoms. The number of methoxy groups -OCH3 is 2. The second kappa shape index (κ2) is 8.39. The summed E-state index contributed by atoms with van der Waals surface area (Å²) in [6, 6.07) is 8.75. The fourth-order valence-corrected chi connectivity index (χ4v) is 2.65. The summed E-state index contributed by atoms with van der Waals surface area (Å²) in [6.45, 7) is 1.89. The molecule has 1 N–H and O–H groups in total. The highest BCUT2D eigenvalue weighted by atomic mass is 16.5. The molecule has 1 atom stereocenters. The number of benzene rings is 1. The summed E-state index contributed by atoms with van der Waals surface area (Å²) in [5.74, 6) is 2.49. The number of ether oxygens (including phenoxy) is 2. The first kappa shape index (κ1) is 18.5. The van der Waals surface area contributed by atoms with E-state index in [9.17, 15) is 4.79 Å². The van der Waals surface area contributed by atoms with Gasteiger partial charge in [0.05, 0.1) is 26.5 Å². The summed E-state index contributed by atoms with van der Waals surface area (Å²) >= 11 is 0. The van der Waals surface area contributed by atoms with E-state index in [2.05, 4.69) is 15.5 Å². The van der Waals surface area contributed by atoms with Crippen molar-refractivity contribution in [2.24, 2.45) is 0 Å². The molecule has 0 spiro atoms. The fourth-order valence-electron chi connectivity index (χ4n) is 2.65. The standard InChI is InChI=1S/C19H21N3O5/c1-12(14-7-6-13(24-2)11-16(14)25-3)20-17(23)8-9-18-21-19(22-27-18)15-5-4-10-26-15/h4-7,10-12H,8-9H2,1-3H3,(H,20,23). The molecule has 1 amide bonds. The molecule has 3 rings (SSSR count). The van der Waals surface area contributed by atoms with E-state index in [0.29, 0.717) is 35.4 Å². The average Bonchev–Trinajstić information content (AvgIpc) is 3.37. The van der Waals surface area contributed by atoms with Crippen LogP contribution in [0.2, 0.25) is 0 Å². The molecule has 2 aromatic heterocycles. The van der Waals surface area contributed by atoms with Gasteiger partial charge in [-0.1, -0.05) is 5.16 Å². The van der Waals surface area contributed by atoms with Crippen molar-refractivity contribution in [1.29, 1.82) is 0 Å². The number of carbonyl (C=O) groups is 1. The van der Waals surface area contributed by atoms with Gasteiger partial charge in [0.1, 0.15) is 11.5 Å². The smallest absolute Gasteiger partial charge is 0.238 e. The largest absolute Gasteiger partial charge is 0.497 e. The summed E-state index contributed by atoms with van der Waals surface area (Å²) in [4.78, 5) is 16.5. The minimum atomic E-state index is -0.222. The third-order valence-corrected chi connectivity index (χ3v) is 4.06. The molecule has 142 valence electrons. The number of hydrogen-bond acceptors (Lipinski definition) is 7. The average molecular weight is 371 g/mol. The minimum Gasteiger partial charge on any atom is -0.497 e. The quantitative estimate of drug-likeness (QED) is 0.649. The van der Waals surface area contributed by atoms with Crippen molar-refractivity contribution in [2.45, 2.75) is 25.8 Å². The van der Waals surface area contributed by atoms with Crippen LogP contribution in [0, 0.1) is 0 Å². The Kier molecular flexibility index (Phi) is 5.75. The van der Waals surface area contributed by atoms with Crippen LogP contribution in [0.25, 0.3) is 11.6 Å². The second-order valence-electron chi connectivity index (χ2n) is 5.89. The van der Waals surface area contributed by atoms with Crippen LogP contribution in [-0.4, -0.2) is 30.3 Å². The van der Waals surface area contributed by atoms with Crippen LogP contribution in [0.3, 0.4) is 0 Å². The van der Waals surface area contributed by atoms with Crippen LogP contribution in [-0.2, 0) is 11.2 Å². The first-order valence-electron chi connectivity index (χ1n) is 8.48. The van der Waals surface area contributed by atoms with E-state index < -0.39 is 0 Å². The number of rotatable bonds is 8. The van der Waals surface area contributed by atoms with Gasteiger partial charge in [-0.25, -0.2) is 0 Å². The Labute approximate surface area is 156 Å². The van der Waals surface area contributed by atoms with E-state index >= 15 is 0 Å². The molecule has 0 saturated carbocycles. The normalized spacial score (nSPS) is 11.8. The summed E-state index contributed by atoms with van der Waals surface area (Å²) in [5, 5.41) is 6.79. The van der Waals surface area contributed by atoms with Gasteiger partial charge in [-0.2, -0.15) is 4.98 Å². The molecule has 0 aliphatic carbocycles. The predicted octanol–water partition coefficient (Wildman–Crippen LogP) is 3.16. The van der Waals surface area contributed by atoms with Gasteiger partial charge in [0.25, 0.3) is 0 Å². The summed E-state index contributed by atoms with van der Waals surface area (Å²) in [5.41, 5.74) is 0.865. The third kappa shape index (κ3) is 4.46. The lowest BCUT2D eigenvalue weighted by Gasteiger charge is -2.18. The molecule has 1 aromatic carbocycles. The maximum Gasteiger partial charge on any atom is 0.238 e. The van der Waals surface area contributed by atoms with Gasteiger partial charge in [0.15, 0.2) is 5.76 Å². The molecule has 0 fully saturated rings. The van der Waals surface area contributed by atoms with E-state index in [1.165, 1.54) is 6.26 Å². The van der Waals surface area contributed by atoms with Crippen molar-refractivity contribution in [2.75, 3.05) is 14.2 Å². The maximum absolute atomic E-state index is 12.3. The van der Waals surface area contributed by atoms with Crippen molar-refractivity contribution < 1.29 is 23.2 Å². The SMILES string of the molecule is COc1ccc(C(C)NC(=O)CCc2nc(-c3ccco3)no2)c(OC)c1. The highest BCUT2D eigenvalue weighted by Crippen LogP contribution is 2.29. The van der Waals surface area contributed by atoms with Crippen LogP contribution in [0.1, 0.15) is 30.8 Å². The molecule has 0 radical (unpaired) electrons. The number of aryl methyl sites for hydroxylation is 1. The zero-order valence-electron chi connectivity index (χ0n) is 15.4. The number of hydrogen-bond donors (Lipinski definition) is 1. The Morgan fingerprint density at radius 2 is 2.11 bits per heavy atom. The van der Waals surface area contributed by atoms with E-state index in [4.69, 9.17) is 18.4 Å². The number of aromatic nitrogens is 2. The highest BCUT2D eigenvalue weighted by Gasteiger charge is 2.16. The van der Waals surface area contributed by atoms with Gasteiger partial charge < -0.3 is 23.7 Å². The topological polar surface area (TPSA) is 99.6 Å². The van der Waals surface area contributed by atoms with Gasteiger partial charge in [0.2, 0.25) is 17.6 Å². The zero-order valence-corrected chi connectivity index (χ0v) is 15.4. The van der Waals surface area contributed by atoms with Crippen LogP contribution in [0.5, 0.6) is 11.5 Å². The van der Waals surface area contributed by atoms with Gasteiger partial charge in [-0.3, -0.25) is 4.79 Å². The zero-order chi connectivity index (χ0) is 19.2. The Morgan fingerprint density at radius 3 is 2.81 bits per heavy atom. The molecular weight excluding hydrogens is 350 g/mol. The molecule has 0 saturated heterocycles. The number of nitrogens with zero attached hydrogens (tertiary/aromatic N) is 2. The van der Waals surface area contributed by atoms with Crippen molar-refractivity contribution in [1.82, 2.24) is 15.5 Å². The first-order chi connectivity index (χ1) is 13.1. The van der Waals surface area contributed by atoms with Gasteiger partial charge in [0, 0.05) is 24.5 Å². The molecule has 27 heavy (non-hydrogen) atoms.